The molecule has 0 heterocycles. The van der Waals surface area contributed by atoms with E-state index in [1.54, 1.807) is 11.8 Å². The fourth-order valence-corrected chi connectivity index (χ4v) is 2.84. The van der Waals surface area contributed by atoms with Gasteiger partial charge in [-0.15, -0.1) is 18.2 Å². The van der Waals surface area contributed by atoms with Crippen molar-refractivity contribution in [3.63, 3.8) is 0 Å². The van der Waals surface area contributed by atoms with Gasteiger partial charge >= 0.3 is 0 Å². The molecule has 0 aliphatic heterocycles. The minimum Gasteiger partial charge on any atom is -0.384 e. The average Bonchev–Trinajstić information content (AvgIpc) is 2.37. The van der Waals surface area contributed by atoms with Gasteiger partial charge in [-0.3, -0.25) is 10.1 Å². The molecule has 1 aromatic carbocycles. The van der Waals surface area contributed by atoms with E-state index in [2.05, 4.69) is 11.2 Å². The molecule has 0 aliphatic rings. The molecule has 1 aromatic rings. The summed E-state index contributed by atoms with van der Waals surface area (Å²) in [6.45, 7) is 0.591. The summed E-state index contributed by atoms with van der Waals surface area (Å²) in [6.07, 6.45) is 6.06. The van der Waals surface area contributed by atoms with Gasteiger partial charge in [0.05, 0.1) is 10.7 Å². The molecule has 0 aliphatic carbocycles. The number of sulfone groups is 1. The third kappa shape index (κ3) is 4.75. The molecule has 1 rings (SSSR count). The van der Waals surface area contributed by atoms with Crippen molar-refractivity contribution in [3.8, 4) is 12.3 Å². The highest BCUT2D eigenvalue weighted by molar-refractivity contribution is 7.99. The highest BCUT2D eigenvalue weighted by Crippen LogP contribution is 2.26. The van der Waals surface area contributed by atoms with Crippen LogP contribution in [0.25, 0.3) is 0 Å². The zero-order valence-electron chi connectivity index (χ0n) is 10.8. The standard InChI is InChI=1S/C12H14N2O4S2/c1-3-7-19-8-6-13-10-4-5-11(14(15)16)12(9-10)20(2,17)18/h1,4-5,9,13H,6-8H2,2H3. The quantitative estimate of drug-likeness (QED) is 0.357. The molecule has 8 heteroatoms. The molecule has 108 valence electrons. The maximum Gasteiger partial charge on any atom is 0.288 e. The van der Waals surface area contributed by atoms with Crippen LogP contribution in [0.3, 0.4) is 0 Å². The van der Waals surface area contributed by atoms with Gasteiger partial charge in [-0.05, 0) is 12.1 Å². The van der Waals surface area contributed by atoms with Gasteiger partial charge in [0.2, 0.25) is 0 Å². The molecule has 0 unspecified atom stereocenters. The molecule has 6 nitrogen and oxygen atoms in total. The van der Waals surface area contributed by atoms with Gasteiger partial charge in [-0.1, -0.05) is 5.92 Å². The van der Waals surface area contributed by atoms with E-state index in [1.807, 2.05) is 0 Å². The lowest BCUT2D eigenvalue weighted by Gasteiger charge is -2.07. The van der Waals surface area contributed by atoms with Crippen LogP contribution in [0.2, 0.25) is 0 Å². The number of rotatable bonds is 7. The first-order valence-electron chi connectivity index (χ1n) is 5.60. The Balaban J connectivity index is 2.86. The maximum absolute atomic E-state index is 11.6. The second kappa shape index (κ2) is 7.17. The summed E-state index contributed by atoms with van der Waals surface area (Å²) in [4.78, 5) is 9.82. The zero-order chi connectivity index (χ0) is 15.2. The minimum absolute atomic E-state index is 0.288. The monoisotopic (exact) mass is 314 g/mol. The summed E-state index contributed by atoms with van der Waals surface area (Å²) in [5, 5.41) is 13.8. The number of nitrogens with one attached hydrogen (secondary N) is 1. The van der Waals surface area contributed by atoms with Crippen molar-refractivity contribution in [1.29, 1.82) is 0 Å². The van der Waals surface area contributed by atoms with Crippen molar-refractivity contribution >= 4 is 33.0 Å². The molecular weight excluding hydrogens is 300 g/mol. The first-order valence-corrected chi connectivity index (χ1v) is 8.64. The van der Waals surface area contributed by atoms with E-state index in [9.17, 15) is 18.5 Å². The van der Waals surface area contributed by atoms with Crippen molar-refractivity contribution in [2.45, 2.75) is 4.90 Å². The van der Waals surface area contributed by atoms with Gasteiger partial charge in [0.15, 0.2) is 9.84 Å². The lowest BCUT2D eigenvalue weighted by Crippen LogP contribution is -2.07. The molecule has 0 fully saturated rings. The molecule has 0 saturated carbocycles. The number of benzene rings is 1. The predicted octanol–water partition coefficient (Wildman–Crippen LogP) is 1.78. The van der Waals surface area contributed by atoms with Crippen LogP contribution >= 0.6 is 11.8 Å². The zero-order valence-corrected chi connectivity index (χ0v) is 12.5. The van der Waals surface area contributed by atoms with Gasteiger partial charge in [0.25, 0.3) is 5.69 Å². The number of hydrogen-bond donors (Lipinski definition) is 1. The Morgan fingerprint density at radius 2 is 2.20 bits per heavy atom. The van der Waals surface area contributed by atoms with E-state index in [4.69, 9.17) is 6.42 Å². The van der Waals surface area contributed by atoms with E-state index < -0.39 is 20.4 Å². The van der Waals surface area contributed by atoms with Crippen LogP contribution in [0.1, 0.15) is 0 Å². The second-order valence-corrected chi connectivity index (χ2v) is 6.98. The number of nitro benzene ring substituents is 1. The molecule has 0 aromatic heterocycles. The molecule has 0 atom stereocenters. The van der Waals surface area contributed by atoms with Gasteiger partial charge in [-0.25, -0.2) is 8.42 Å². The predicted molar refractivity (Wildman–Crippen MR) is 80.9 cm³/mol. The smallest absolute Gasteiger partial charge is 0.288 e. The largest absolute Gasteiger partial charge is 0.384 e. The Labute approximate surface area is 122 Å². The van der Waals surface area contributed by atoms with Crippen LogP contribution < -0.4 is 5.32 Å². The Morgan fingerprint density at radius 1 is 1.50 bits per heavy atom. The average molecular weight is 314 g/mol. The highest BCUT2D eigenvalue weighted by Gasteiger charge is 2.22. The van der Waals surface area contributed by atoms with Gasteiger partial charge < -0.3 is 5.32 Å². The van der Waals surface area contributed by atoms with Crippen molar-refractivity contribution in [3.05, 3.63) is 28.3 Å². The topological polar surface area (TPSA) is 89.3 Å². The van der Waals surface area contributed by atoms with Crippen molar-refractivity contribution < 1.29 is 13.3 Å². The Kier molecular flexibility index (Phi) is 5.85. The number of anilines is 1. The van der Waals surface area contributed by atoms with E-state index in [0.29, 0.717) is 18.0 Å². The first-order chi connectivity index (χ1) is 9.36. The molecule has 0 amide bonds. The first kappa shape index (κ1) is 16.3. The van der Waals surface area contributed by atoms with Crippen molar-refractivity contribution in [1.82, 2.24) is 0 Å². The van der Waals surface area contributed by atoms with E-state index in [1.165, 1.54) is 18.2 Å². The SMILES string of the molecule is C#CCSCCNc1ccc([N+](=O)[O-])c(S(C)(=O)=O)c1. The Bertz CT molecular complexity index is 635. The number of thioether (sulfide) groups is 1. The molecule has 20 heavy (non-hydrogen) atoms. The van der Waals surface area contributed by atoms with Crippen LogP contribution in [0.15, 0.2) is 23.1 Å². The lowest BCUT2D eigenvalue weighted by atomic mass is 10.3. The fraction of sp³-hybridized carbons (Fsp3) is 0.333. The Morgan fingerprint density at radius 3 is 2.75 bits per heavy atom. The summed E-state index contributed by atoms with van der Waals surface area (Å²) in [5.74, 6) is 3.86. The van der Waals surface area contributed by atoms with Crippen LogP contribution in [0, 0.1) is 22.5 Å². The fourth-order valence-electron chi connectivity index (χ4n) is 1.47. The second-order valence-electron chi connectivity index (χ2n) is 3.90. The van der Waals surface area contributed by atoms with Crippen molar-refractivity contribution in [2.24, 2.45) is 0 Å². The number of nitro groups is 1. The number of terminal acetylenes is 1. The molecule has 0 radical (unpaired) electrons. The minimum atomic E-state index is -3.65. The third-order valence-electron chi connectivity index (χ3n) is 2.32. The molecule has 0 saturated heterocycles. The van der Waals surface area contributed by atoms with Crippen LogP contribution in [0.5, 0.6) is 0 Å². The lowest BCUT2D eigenvalue weighted by molar-refractivity contribution is -0.387. The molecular formula is C12H14N2O4S2. The third-order valence-corrected chi connectivity index (χ3v) is 4.31. The number of hydrogen-bond acceptors (Lipinski definition) is 6. The summed E-state index contributed by atoms with van der Waals surface area (Å²) >= 11 is 1.57. The molecule has 0 spiro atoms. The van der Waals surface area contributed by atoms with E-state index in [0.717, 1.165) is 12.0 Å². The van der Waals surface area contributed by atoms with Gasteiger partial charge in [-0.2, -0.15) is 0 Å². The highest BCUT2D eigenvalue weighted by atomic mass is 32.2. The maximum atomic E-state index is 11.6. The summed E-state index contributed by atoms with van der Waals surface area (Å²) in [7, 11) is -3.65. The Hall–Kier alpha value is -1.72. The van der Waals surface area contributed by atoms with Crippen LogP contribution in [0.4, 0.5) is 11.4 Å². The molecule has 1 N–H and O–H groups in total. The normalized spacial score (nSPS) is 10.8. The van der Waals surface area contributed by atoms with E-state index >= 15 is 0 Å². The summed E-state index contributed by atoms with van der Waals surface area (Å²) in [6, 6.07) is 3.95. The summed E-state index contributed by atoms with van der Waals surface area (Å²) in [5.41, 5.74) is 0.108. The van der Waals surface area contributed by atoms with E-state index in [-0.39, 0.29) is 4.90 Å². The van der Waals surface area contributed by atoms with Crippen LogP contribution in [-0.4, -0.2) is 37.6 Å². The van der Waals surface area contributed by atoms with Crippen LogP contribution in [-0.2, 0) is 9.84 Å². The summed E-state index contributed by atoms with van der Waals surface area (Å²) < 4.78 is 23.1. The van der Waals surface area contributed by atoms with Gasteiger partial charge in [0.1, 0.15) is 4.90 Å². The van der Waals surface area contributed by atoms with Crippen molar-refractivity contribution in [2.75, 3.05) is 29.6 Å². The number of nitrogens with zero attached hydrogens (tertiary/aromatic N) is 1. The van der Waals surface area contributed by atoms with Gasteiger partial charge in [0, 0.05) is 30.3 Å². The molecule has 0 bridgehead atoms.